The summed E-state index contributed by atoms with van der Waals surface area (Å²) in [6.45, 7) is 4.65. The number of aromatic nitrogens is 2. The number of ether oxygens (including phenoxy) is 1. The van der Waals surface area contributed by atoms with Gasteiger partial charge in [-0.05, 0) is 36.2 Å². The smallest absolute Gasteiger partial charge is 0.242 e. The molecule has 1 aromatic heterocycles. The highest BCUT2D eigenvalue weighted by Crippen LogP contribution is 2.18. The van der Waals surface area contributed by atoms with Crippen LogP contribution in [0.3, 0.4) is 0 Å². The van der Waals surface area contributed by atoms with Gasteiger partial charge in [0, 0.05) is 39.0 Å². The van der Waals surface area contributed by atoms with Crippen LogP contribution in [0.5, 0.6) is 5.75 Å². The van der Waals surface area contributed by atoms with Crippen molar-refractivity contribution in [1.82, 2.24) is 19.4 Å². The number of para-hydroxylation sites is 2. The summed E-state index contributed by atoms with van der Waals surface area (Å²) in [5.74, 6) is 1.96. The Morgan fingerprint density at radius 3 is 2.25 bits per heavy atom. The summed E-state index contributed by atoms with van der Waals surface area (Å²) in [5, 5.41) is 0. The number of carbonyl (C=O) groups excluding carboxylic acids is 2. The Hall–Kier alpha value is -3.35. The lowest BCUT2D eigenvalue weighted by molar-refractivity contribution is -0.139. The molecule has 1 aliphatic heterocycles. The highest BCUT2D eigenvalue weighted by Gasteiger charge is 2.25. The molecule has 3 aromatic rings. The van der Waals surface area contributed by atoms with E-state index in [1.54, 1.807) is 7.11 Å². The Morgan fingerprint density at radius 1 is 0.938 bits per heavy atom. The molecule has 32 heavy (non-hydrogen) atoms. The van der Waals surface area contributed by atoms with E-state index in [1.807, 2.05) is 62.9 Å². The van der Waals surface area contributed by atoms with Crippen molar-refractivity contribution in [3.8, 4) is 5.75 Å². The number of carbonyl (C=O) groups is 2. The first-order chi connectivity index (χ1) is 15.6. The SMILES string of the molecule is CCc1nc2ccccc2n1CC(=O)N1CCN(C(=O)CCc2ccc(OC)cc2)CC1. The van der Waals surface area contributed by atoms with Gasteiger partial charge in [-0.25, -0.2) is 4.98 Å². The van der Waals surface area contributed by atoms with E-state index >= 15 is 0 Å². The second-order valence-electron chi connectivity index (χ2n) is 8.07. The first kappa shape index (κ1) is 21.9. The minimum Gasteiger partial charge on any atom is -0.497 e. The molecule has 4 rings (SSSR count). The van der Waals surface area contributed by atoms with E-state index in [9.17, 15) is 9.59 Å². The third-order valence-corrected chi connectivity index (χ3v) is 6.11. The van der Waals surface area contributed by atoms with Gasteiger partial charge in [-0.15, -0.1) is 0 Å². The minimum absolute atomic E-state index is 0.0770. The molecule has 7 nitrogen and oxygen atoms in total. The van der Waals surface area contributed by atoms with Crippen molar-refractivity contribution < 1.29 is 14.3 Å². The lowest BCUT2D eigenvalue weighted by Gasteiger charge is -2.35. The molecule has 0 N–H and O–H groups in total. The van der Waals surface area contributed by atoms with E-state index in [0.29, 0.717) is 39.0 Å². The van der Waals surface area contributed by atoms with Crippen LogP contribution in [0.15, 0.2) is 48.5 Å². The summed E-state index contributed by atoms with van der Waals surface area (Å²) >= 11 is 0. The van der Waals surface area contributed by atoms with E-state index < -0.39 is 0 Å². The Morgan fingerprint density at radius 2 is 1.59 bits per heavy atom. The van der Waals surface area contributed by atoms with Gasteiger partial charge in [-0.2, -0.15) is 0 Å². The average Bonchev–Trinajstić information content (AvgIpc) is 3.20. The maximum Gasteiger partial charge on any atom is 0.242 e. The number of amides is 2. The molecule has 0 aliphatic carbocycles. The second kappa shape index (κ2) is 9.85. The maximum absolute atomic E-state index is 13.0. The molecule has 2 aromatic carbocycles. The van der Waals surface area contributed by atoms with Crippen molar-refractivity contribution in [2.24, 2.45) is 0 Å². The van der Waals surface area contributed by atoms with Crippen LogP contribution in [0.4, 0.5) is 0 Å². The monoisotopic (exact) mass is 434 g/mol. The highest BCUT2D eigenvalue weighted by molar-refractivity contribution is 5.82. The zero-order valence-electron chi connectivity index (χ0n) is 18.8. The van der Waals surface area contributed by atoms with Crippen molar-refractivity contribution in [3.63, 3.8) is 0 Å². The van der Waals surface area contributed by atoms with E-state index in [2.05, 4.69) is 11.9 Å². The molecule has 0 saturated carbocycles. The molecule has 0 radical (unpaired) electrons. The van der Waals surface area contributed by atoms with Crippen molar-refractivity contribution >= 4 is 22.8 Å². The summed E-state index contributed by atoms with van der Waals surface area (Å²) < 4.78 is 7.19. The zero-order valence-corrected chi connectivity index (χ0v) is 18.8. The van der Waals surface area contributed by atoms with Crippen LogP contribution in [0.25, 0.3) is 11.0 Å². The predicted molar refractivity (Wildman–Crippen MR) is 124 cm³/mol. The number of benzene rings is 2. The fraction of sp³-hybridized carbons (Fsp3) is 0.400. The van der Waals surface area contributed by atoms with Crippen LogP contribution >= 0.6 is 0 Å². The van der Waals surface area contributed by atoms with Crippen molar-refractivity contribution in [2.75, 3.05) is 33.3 Å². The Balaban J connectivity index is 1.29. The van der Waals surface area contributed by atoms with Crippen LogP contribution in [0.1, 0.15) is 24.7 Å². The number of imidazole rings is 1. The van der Waals surface area contributed by atoms with Gasteiger partial charge in [-0.3, -0.25) is 9.59 Å². The van der Waals surface area contributed by atoms with Crippen LogP contribution in [-0.4, -0.2) is 64.5 Å². The molecule has 1 fully saturated rings. The largest absolute Gasteiger partial charge is 0.497 e. The maximum atomic E-state index is 13.0. The molecule has 1 saturated heterocycles. The highest BCUT2D eigenvalue weighted by atomic mass is 16.5. The molecular weight excluding hydrogens is 404 g/mol. The number of hydrogen-bond acceptors (Lipinski definition) is 4. The number of fused-ring (bicyclic) bond motifs is 1. The Labute approximate surface area is 188 Å². The first-order valence-electron chi connectivity index (χ1n) is 11.2. The topological polar surface area (TPSA) is 67.7 Å². The van der Waals surface area contributed by atoms with Gasteiger partial charge >= 0.3 is 0 Å². The van der Waals surface area contributed by atoms with Crippen LogP contribution in [0, 0.1) is 0 Å². The first-order valence-corrected chi connectivity index (χ1v) is 11.2. The number of rotatable bonds is 7. The molecule has 0 spiro atoms. The zero-order chi connectivity index (χ0) is 22.5. The van der Waals surface area contributed by atoms with E-state index in [-0.39, 0.29) is 18.4 Å². The van der Waals surface area contributed by atoms with Gasteiger partial charge in [0.1, 0.15) is 18.1 Å². The molecule has 2 heterocycles. The molecule has 7 heteroatoms. The van der Waals surface area contributed by atoms with Gasteiger partial charge in [0.15, 0.2) is 0 Å². The van der Waals surface area contributed by atoms with Gasteiger partial charge < -0.3 is 19.1 Å². The molecule has 0 bridgehead atoms. The summed E-state index contributed by atoms with van der Waals surface area (Å²) in [6, 6.07) is 15.7. The van der Waals surface area contributed by atoms with Crippen LogP contribution < -0.4 is 4.74 Å². The Bertz CT molecular complexity index is 1080. The summed E-state index contributed by atoms with van der Waals surface area (Å²) in [7, 11) is 1.64. The average molecular weight is 435 g/mol. The normalized spacial score (nSPS) is 14.1. The lowest BCUT2D eigenvalue weighted by atomic mass is 10.1. The Kier molecular flexibility index (Phi) is 6.73. The van der Waals surface area contributed by atoms with E-state index in [1.165, 1.54) is 0 Å². The predicted octanol–water partition coefficient (Wildman–Crippen LogP) is 2.91. The molecule has 2 amide bonds. The minimum atomic E-state index is 0.0770. The summed E-state index contributed by atoms with van der Waals surface area (Å²) in [4.78, 5) is 34.0. The third kappa shape index (κ3) is 4.77. The fourth-order valence-corrected chi connectivity index (χ4v) is 4.21. The van der Waals surface area contributed by atoms with Gasteiger partial charge in [0.2, 0.25) is 11.8 Å². The van der Waals surface area contributed by atoms with Crippen LogP contribution in [0.2, 0.25) is 0 Å². The van der Waals surface area contributed by atoms with Crippen molar-refractivity contribution in [2.45, 2.75) is 32.7 Å². The number of aryl methyl sites for hydroxylation is 2. The number of hydrogen-bond donors (Lipinski definition) is 0. The van der Waals surface area contributed by atoms with E-state index in [0.717, 1.165) is 34.6 Å². The number of piperazine rings is 1. The fourth-order valence-electron chi connectivity index (χ4n) is 4.21. The van der Waals surface area contributed by atoms with Gasteiger partial charge in [-0.1, -0.05) is 31.2 Å². The molecule has 0 unspecified atom stereocenters. The van der Waals surface area contributed by atoms with Gasteiger partial charge in [0.05, 0.1) is 18.1 Å². The quantitative estimate of drug-likeness (QED) is 0.574. The summed E-state index contributed by atoms with van der Waals surface area (Å²) in [5.41, 5.74) is 3.03. The van der Waals surface area contributed by atoms with Crippen molar-refractivity contribution in [3.05, 3.63) is 59.9 Å². The number of nitrogens with zero attached hydrogens (tertiary/aromatic N) is 4. The molecule has 0 atom stereocenters. The number of methoxy groups -OCH3 is 1. The lowest BCUT2D eigenvalue weighted by Crippen LogP contribution is -2.51. The molecular formula is C25H30N4O3. The third-order valence-electron chi connectivity index (χ3n) is 6.11. The molecule has 1 aliphatic rings. The molecule has 168 valence electrons. The van der Waals surface area contributed by atoms with Crippen LogP contribution in [-0.2, 0) is 29.0 Å². The summed E-state index contributed by atoms with van der Waals surface area (Å²) in [6.07, 6.45) is 1.95. The van der Waals surface area contributed by atoms with Gasteiger partial charge in [0.25, 0.3) is 0 Å². The standard InChI is InChI=1S/C25H30N4O3/c1-3-23-26-21-6-4-5-7-22(21)29(23)18-25(31)28-16-14-27(15-17-28)24(30)13-10-19-8-11-20(32-2)12-9-19/h4-9,11-12H,3,10,13-18H2,1-2H3. The van der Waals surface area contributed by atoms with E-state index in [4.69, 9.17) is 4.74 Å². The van der Waals surface area contributed by atoms with Crippen molar-refractivity contribution in [1.29, 1.82) is 0 Å². The second-order valence-corrected chi connectivity index (χ2v) is 8.07.